The third-order valence-corrected chi connectivity index (χ3v) is 2.38. The second-order valence-electron chi connectivity index (χ2n) is 3.61. The lowest BCUT2D eigenvalue weighted by atomic mass is 10.1. The first-order valence-corrected chi connectivity index (χ1v) is 4.93. The van der Waals surface area contributed by atoms with Gasteiger partial charge in [0.25, 0.3) is 0 Å². The van der Waals surface area contributed by atoms with Crippen molar-refractivity contribution in [1.29, 1.82) is 5.26 Å². The van der Waals surface area contributed by atoms with Crippen LogP contribution in [0.2, 0.25) is 0 Å². The van der Waals surface area contributed by atoms with Crippen molar-refractivity contribution in [2.24, 2.45) is 5.73 Å². The van der Waals surface area contributed by atoms with Crippen LogP contribution < -0.4 is 11.1 Å². The van der Waals surface area contributed by atoms with Gasteiger partial charge in [0.15, 0.2) is 6.19 Å². The Hall–Kier alpha value is -0.790. The molecule has 0 aromatic rings. The highest BCUT2D eigenvalue weighted by Crippen LogP contribution is 2.08. The topological polar surface area (TPSA) is 65.1 Å². The number of hydrogen-bond donors (Lipinski definition) is 2. The molecule has 1 unspecified atom stereocenters. The third kappa shape index (κ3) is 4.11. The minimum absolute atomic E-state index is 0.0812. The molecule has 1 heterocycles. The maximum absolute atomic E-state index is 8.29. The minimum atomic E-state index is 0.0812. The fourth-order valence-electron chi connectivity index (χ4n) is 1.71. The second kappa shape index (κ2) is 5.79. The van der Waals surface area contributed by atoms with E-state index in [9.17, 15) is 0 Å². The van der Waals surface area contributed by atoms with Gasteiger partial charge in [0.2, 0.25) is 0 Å². The molecule has 3 N–H and O–H groups in total. The number of nitriles is 1. The van der Waals surface area contributed by atoms with E-state index in [1.54, 1.807) is 0 Å². The monoisotopic (exact) mass is 182 g/mol. The lowest BCUT2D eigenvalue weighted by Gasteiger charge is -2.28. The maximum atomic E-state index is 8.29. The summed E-state index contributed by atoms with van der Waals surface area (Å²) in [6.07, 6.45) is 5.82. The summed E-state index contributed by atoms with van der Waals surface area (Å²) in [6.45, 7) is 3.84. The van der Waals surface area contributed by atoms with Crippen LogP contribution in [0.25, 0.3) is 0 Å². The van der Waals surface area contributed by atoms with Crippen LogP contribution in [0.4, 0.5) is 0 Å². The molecule has 4 heteroatoms. The van der Waals surface area contributed by atoms with Crippen LogP contribution in [0.3, 0.4) is 0 Å². The summed E-state index contributed by atoms with van der Waals surface area (Å²) in [7, 11) is 0. The molecule has 4 nitrogen and oxygen atoms in total. The maximum Gasteiger partial charge on any atom is 0.176 e. The highest BCUT2D eigenvalue weighted by atomic mass is 15.1. The molecule has 0 aliphatic carbocycles. The number of hydrogen-bond acceptors (Lipinski definition) is 4. The van der Waals surface area contributed by atoms with Crippen molar-refractivity contribution < 1.29 is 0 Å². The fraction of sp³-hybridized carbons (Fsp3) is 0.889. The van der Waals surface area contributed by atoms with Gasteiger partial charge >= 0.3 is 0 Å². The molecule has 1 fully saturated rings. The van der Waals surface area contributed by atoms with Crippen LogP contribution in [-0.2, 0) is 0 Å². The summed E-state index contributed by atoms with van der Waals surface area (Å²) in [6, 6.07) is 0.0812. The molecule has 0 saturated carbocycles. The quantitative estimate of drug-likeness (QED) is 0.469. The van der Waals surface area contributed by atoms with E-state index in [0.29, 0.717) is 6.54 Å². The smallest absolute Gasteiger partial charge is 0.176 e. The van der Waals surface area contributed by atoms with Crippen molar-refractivity contribution >= 4 is 0 Å². The van der Waals surface area contributed by atoms with Crippen molar-refractivity contribution in [2.75, 3.05) is 26.2 Å². The largest absolute Gasteiger partial charge is 0.325 e. The summed E-state index contributed by atoms with van der Waals surface area (Å²) in [4.78, 5) is 2.38. The Bertz CT molecular complexity index is 169. The first-order chi connectivity index (χ1) is 6.33. The van der Waals surface area contributed by atoms with Crippen LogP contribution in [0.1, 0.15) is 19.3 Å². The van der Waals surface area contributed by atoms with Gasteiger partial charge < -0.3 is 16.0 Å². The standard InChI is InChI=1S/C9H18N4/c10-8-12-6-9(11)7-13-4-2-1-3-5-13/h9,12H,1-7,11H2. The Kier molecular flexibility index (Phi) is 4.58. The number of likely N-dealkylation sites (tertiary alicyclic amines) is 1. The molecule has 1 aliphatic heterocycles. The summed E-state index contributed by atoms with van der Waals surface area (Å²) < 4.78 is 0. The molecule has 1 saturated heterocycles. The third-order valence-electron chi connectivity index (χ3n) is 2.38. The lowest BCUT2D eigenvalue weighted by molar-refractivity contribution is 0.216. The van der Waals surface area contributed by atoms with Crippen molar-refractivity contribution in [3.8, 4) is 6.19 Å². The number of nitrogens with two attached hydrogens (primary N) is 1. The predicted octanol–water partition coefficient (Wildman–Crippen LogP) is -0.130. The summed E-state index contributed by atoms with van der Waals surface area (Å²) in [5.41, 5.74) is 5.84. The van der Waals surface area contributed by atoms with E-state index in [4.69, 9.17) is 11.0 Å². The number of nitrogens with zero attached hydrogens (tertiary/aromatic N) is 2. The predicted molar refractivity (Wildman–Crippen MR) is 51.9 cm³/mol. The van der Waals surface area contributed by atoms with E-state index in [2.05, 4.69) is 10.2 Å². The lowest BCUT2D eigenvalue weighted by Crippen LogP contribution is -2.44. The molecule has 0 aromatic carbocycles. The SMILES string of the molecule is N#CNCC(N)CN1CCCCC1. The minimum Gasteiger partial charge on any atom is -0.325 e. The van der Waals surface area contributed by atoms with Gasteiger partial charge in [0.1, 0.15) is 0 Å². The van der Waals surface area contributed by atoms with Gasteiger partial charge in [-0.05, 0) is 25.9 Å². The Morgan fingerprint density at radius 3 is 2.69 bits per heavy atom. The average Bonchev–Trinajstić information content (AvgIpc) is 2.16. The van der Waals surface area contributed by atoms with E-state index < -0.39 is 0 Å². The van der Waals surface area contributed by atoms with Gasteiger partial charge in [-0.15, -0.1) is 0 Å². The molecule has 0 radical (unpaired) electrons. The van der Waals surface area contributed by atoms with E-state index in [0.717, 1.165) is 6.54 Å². The van der Waals surface area contributed by atoms with Crippen molar-refractivity contribution in [2.45, 2.75) is 25.3 Å². The zero-order valence-electron chi connectivity index (χ0n) is 8.00. The number of piperidine rings is 1. The summed E-state index contributed by atoms with van der Waals surface area (Å²) >= 11 is 0. The van der Waals surface area contributed by atoms with Crippen molar-refractivity contribution in [3.05, 3.63) is 0 Å². The molecule has 1 atom stereocenters. The van der Waals surface area contributed by atoms with E-state index in [-0.39, 0.29) is 6.04 Å². The van der Waals surface area contributed by atoms with Crippen LogP contribution in [0.5, 0.6) is 0 Å². The van der Waals surface area contributed by atoms with Crippen molar-refractivity contribution in [3.63, 3.8) is 0 Å². The Morgan fingerprint density at radius 2 is 2.08 bits per heavy atom. The summed E-state index contributed by atoms with van der Waals surface area (Å²) in [5, 5.41) is 10.9. The molecule has 1 aliphatic rings. The summed E-state index contributed by atoms with van der Waals surface area (Å²) in [5.74, 6) is 0. The van der Waals surface area contributed by atoms with E-state index in [1.807, 2.05) is 6.19 Å². The Balaban J connectivity index is 2.11. The van der Waals surface area contributed by atoms with E-state index in [1.165, 1.54) is 32.4 Å². The fourth-order valence-corrected chi connectivity index (χ4v) is 1.71. The molecule has 1 rings (SSSR count). The zero-order valence-corrected chi connectivity index (χ0v) is 8.00. The highest BCUT2D eigenvalue weighted by Gasteiger charge is 2.12. The first kappa shape index (κ1) is 10.3. The average molecular weight is 182 g/mol. The molecule has 0 spiro atoms. The second-order valence-corrected chi connectivity index (χ2v) is 3.61. The number of rotatable bonds is 4. The van der Waals surface area contributed by atoms with Crippen molar-refractivity contribution in [1.82, 2.24) is 10.2 Å². The van der Waals surface area contributed by atoms with Crippen LogP contribution in [-0.4, -0.2) is 37.1 Å². The van der Waals surface area contributed by atoms with Gasteiger partial charge in [-0.2, -0.15) is 5.26 Å². The number of nitrogens with one attached hydrogen (secondary N) is 1. The molecule has 0 bridgehead atoms. The molecular weight excluding hydrogens is 164 g/mol. The molecule has 74 valence electrons. The zero-order chi connectivity index (χ0) is 9.52. The first-order valence-electron chi connectivity index (χ1n) is 4.93. The van der Waals surface area contributed by atoms with Gasteiger partial charge in [-0.1, -0.05) is 6.42 Å². The van der Waals surface area contributed by atoms with Gasteiger partial charge in [-0.3, -0.25) is 0 Å². The van der Waals surface area contributed by atoms with Crippen LogP contribution in [0, 0.1) is 11.5 Å². The van der Waals surface area contributed by atoms with Gasteiger partial charge in [0, 0.05) is 19.1 Å². The Morgan fingerprint density at radius 1 is 1.38 bits per heavy atom. The van der Waals surface area contributed by atoms with Gasteiger partial charge in [0.05, 0.1) is 0 Å². The normalized spacial score (nSPS) is 20.6. The van der Waals surface area contributed by atoms with Gasteiger partial charge in [-0.25, -0.2) is 0 Å². The molecule has 0 aromatic heterocycles. The highest BCUT2D eigenvalue weighted by molar-refractivity contribution is 4.76. The molecule has 0 amide bonds. The van der Waals surface area contributed by atoms with E-state index >= 15 is 0 Å². The van der Waals surface area contributed by atoms with Crippen LogP contribution in [0.15, 0.2) is 0 Å². The van der Waals surface area contributed by atoms with Crippen LogP contribution >= 0.6 is 0 Å². The molecule has 13 heavy (non-hydrogen) atoms. The molecular formula is C9H18N4. The Labute approximate surface area is 79.7 Å².